The zero-order valence-electron chi connectivity index (χ0n) is 36.6. The van der Waals surface area contributed by atoms with Crippen LogP contribution in [0.25, 0.3) is 11.3 Å². The van der Waals surface area contributed by atoms with Crippen LogP contribution >= 0.6 is 0 Å². The number of carbonyl (C=O) groups is 4. The number of aromatic nitrogens is 1. The molecule has 0 bridgehead atoms. The van der Waals surface area contributed by atoms with Gasteiger partial charge in [0.05, 0.1) is 70.3 Å². The number of hydrazine groups is 1. The number of aliphatic hydroxyl groups is 1. The number of esters is 1. The molecule has 0 spiro atoms. The number of alkyl carbamates (subject to hydrolysis) is 1. The average Bonchev–Trinajstić information content (AvgIpc) is 3.20. The summed E-state index contributed by atoms with van der Waals surface area (Å²) in [5.41, 5.74) is 5.19. The summed E-state index contributed by atoms with van der Waals surface area (Å²) in [6.45, 7) is 13.1. The van der Waals surface area contributed by atoms with Gasteiger partial charge in [0.25, 0.3) is 0 Å². The van der Waals surface area contributed by atoms with Crippen LogP contribution in [0.2, 0.25) is 0 Å². The third kappa shape index (κ3) is 17.9. The highest BCUT2D eigenvalue weighted by Gasteiger charge is 2.37. The van der Waals surface area contributed by atoms with Crippen molar-refractivity contribution in [3.8, 4) is 11.3 Å². The fraction of sp³-hybridized carbons (Fsp3) is 0.543. The summed E-state index contributed by atoms with van der Waals surface area (Å²) in [6.07, 6.45) is -0.0304. The van der Waals surface area contributed by atoms with Crippen molar-refractivity contribution >= 4 is 23.8 Å². The Morgan fingerprint density at radius 3 is 1.97 bits per heavy atom. The molecular weight excluding hydrogens is 769 g/mol. The number of rotatable bonds is 25. The maximum absolute atomic E-state index is 14.2. The molecule has 2 aromatic carbocycles. The fourth-order valence-electron chi connectivity index (χ4n) is 6.57. The van der Waals surface area contributed by atoms with Crippen LogP contribution in [0.3, 0.4) is 0 Å². The lowest BCUT2D eigenvalue weighted by molar-refractivity contribution is -0.148. The Labute approximate surface area is 355 Å². The third-order valence-electron chi connectivity index (χ3n) is 9.99. The molecule has 1 heterocycles. The quantitative estimate of drug-likeness (QED) is 0.0532. The van der Waals surface area contributed by atoms with Gasteiger partial charge in [-0.1, -0.05) is 102 Å². The number of Topliss-reactive ketones (excluding diaryl/α,β-unsaturated/α-hetero) is 1. The Bertz CT molecular complexity index is 1730. The first-order valence-electron chi connectivity index (χ1n) is 20.5. The molecule has 0 saturated heterocycles. The van der Waals surface area contributed by atoms with Crippen molar-refractivity contribution < 1.29 is 48.0 Å². The van der Waals surface area contributed by atoms with E-state index in [4.69, 9.17) is 23.7 Å². The van der Waals surface area contributed by atoms with E-state index in [9.17, 15) is 24.3 Å². The lowest BCUT2D eigenvalue weighted by atomic mass is 9.78. The van der Waals surface area contributed by atoms with E-state index in [-0.39, 0.29) is 44.9 Å². The molecule has 4 atom stereocenters. The minimum absolute atomic E-state index is 0.0204. The molecule has 330 valence electrons. The summed E-state index contributed by atoms with van der Waals surface area (Å²) in [6, 6.07) is 22.0. The van der Waals surface area contributed by atoms with E-state index in [0.717, 1.165) is 22.4 Å². The number of amides is 2. The van der Waals surface area contributed by atoms with Gasteiger partial charge in [0, 0.05) is 38.4 Å². The number of aliphatic hydroxyl groups excluding tert-OH is 1. The van der Waals surface area contributed by atoms with Crippen molar-refractivity contribution in [1.82, 2.24) is 20.7 Å². The normalized spacial score (nSPS) is 13.8. The second kappa shape index (κ2) is 25.1. The fourth-order valence-corrected chi connectivity index (χ4v) is 6.57. The van der Waals surface area contributed by atoms with Gasteiger partial charge in [-0.2, -0.15) is 0 Å². The monoisotopic (exact) mass is 834 g/mol. The van der Waals surface area contributed by atoms with Gasteiger partial charge in [0.15, 0.2) is 5.78 Å². The SMILES string of the molecule is COCCOCCOCCOC(=O)N[C@H](C(=O)C[C@@H](Cc1ccccc1)[C@@H](O)CN(Cc1ccc(-c2ccccn2)cc1)NC(=O)C(CC(=O)OC)C(C)(C)C)C(C)(C)C. The van der Waals surface area contributed by atoms with Crippen LogP contribution < -0.4 is 10.7 Å². The number of carbonyl (C=O) groups excluding carboxylic acids is 4. The topological polar surface area (TPSA) is 175 Å². The van der Waals surface area contributed by atoms with Crippen LogP contribution in [0.15, 0.2) is 79.0 Å². The molecule has 60 heavy (non-hydrogen) atoms. The van der Waals surface area contributed by atoms with E-state index >= 15 is 0 Å². The van der Waals surface area contributed by atoms with Crippen molar-refractivity contribution in [2.24, 2.45) is 22.7 Å². The number of nitrogens with one attached hydrogen (secondary N) is 2. The van der Waals surface area contributed by atoms with Gasteiger partial charge in [0.2, 0.25) is 5.91 Å². The molecule has 0 radical (unpaired) electrons. The Morgan fingerprint density at radius 1 is 0.750 bits per heavy atom. The van der Waals surface area contributed by atoms with E-state index in [2.05, 4.69) is 15.7 Å². The Morgan fingerprint density at radius 2 is 1.38 bits per heavy atom. The van der Waals surface area contributed by atoms with E-state index in [1.807, 2.05) is 114 Å². The first kappa shape index (κ1) is 49.6. The van der Waals surface area contributed by atoms with Crippen molar-refractivity contribution in [3.05, 3.63) is 90.1 Å². The summed E-state index contributed by atoms with van der Waals surface area (Å²) in [7, 11) is 2.88. The largest absolute Gasteiger partial charge is 0.469 e. The molecule has 0 aliphatic heterocycles. The number of hydrogen-bond acceptors (Lipinski definition) is 12. The Kier molecular flexibility index (Phi) is 20.8. The first-order chi connectivity index (χ1) is 28.5. The average molecular weight is 835 g/mol. The third-order valence-corrected chi connectivity index (χ3v) is 9.99. The van der Waals surface area contributed by atoms with E-state index in [0.29, 0.717) is 32.8 Å². The zero-order chi connectivity index (χ0) is 44.1. The number of pyridine rings is 1. The van der Waals surface area contributed by atoms with Gasteiger partial charge in [0.1, 0.15) is 6.61 Å². The van der Waals surface area contributed by atoms with Crippen LogP contribution in [0.4, 0.5) is 4.79 Å². The molecule has 3 N–H and O–H groups in total. The molecule has 1 aromatic heterocycles. The Balaban J connectivity index is 1.83. The highest BCUT2D eigenvalue weighted by Crippen LogP contribution is 2.30. The first-order valence-corrected chi connectivity index (χ1v) is 20.5. The maximum atomic E-state index is 14.2. The molecule has 1 unspecified atom stereocenters. The highest BCUT2D eigenvalue weighted by atomic mass is 16.6. The molecule has 14 nitrogen and oxygen atoms in total. The molecule has 0 aliphatic rings. The molecular formula is C46H66N4O10. The van der Waals surface area contributed by atoms with Gasteiger partial charge in [-0.25, -0.2) is 9.80 Å². The number of nitrogens with zero attached hydrogens (tertiary/aromatic N) is 2. The predicted molar refractivity (Wildman–Crippen MR) is 228 cm³/mol. The smallest absolute Gasteiger partial charge is 0.407 e. The number of ether oxygens (including phenoxy) is 5. The van der Waals surface area contributed by atoms with E-state index in [1.165, 1.54) is 7.11 Å². The van der Waals surface area contributed by atoms with Crippen molar-refractivity contribution in [2.75, 3.05) is 60.4 Å². The summed E-state index contributed by atoms with van der Waals surface area (Å²) in [5, 5.41) is 16.5. The standard InChI is InChI=1S/C46H66N4O10/c1-45(2,3)37(30-41(53)57-8)43(54)49-50(31-34-17-19-35(20-18-34)38-16-12-13-21-47-38)32-40(52)36(28-33-14-10-9-11-15-33)29-39(51)42(46(4,5)6)48-44(55)60-27-26-59-25-24-58-23-22-56-7/h9-21,36-37,40,42,52H,22-32H2,1-8H3,(H,48,55)(H,49,54)/t36-,37?,40+,42-/m1/s1. The van der Waals surface area contributed by atoms with Crippen LogP contribution in [-0.2, 0) is 51.0 Å². The number of ketones is 1. The predicted octanol–water partition coefficient (Wildman–Crippen LogP) is 5.81. The summed E-state index contributed by atoms with van der Waals surface area (Å²) in [5.74, 6) is -2.57. The van der Waals surface area contributed by atoms with E-state index < -0.39 is 52.8 Å². The molecule has 3 rings (SSSR count). The van der Waals surface area contributed by atoms with Crippen molar-refractivity contribution in [3.63, 3.8) is 0 Å². The molecule has 0 aliphatic carbocycles. The van der Waals surface area contributed by atoms with Crippen LogP contribution in [0, 0.1) is 22.7 Å². The zero-order valence-corrected chi connectivity index (χ0v) is 36.6. The van der Waals surface area contributed by atoms with Crippen molar-refractivity contribution in [1.29, 1.82) is 0 Å². The highest BCUT2D eigenvalue weighted by molar-refractivity contribution is 5.88. The maximum Gasteiger partial charge on any atom is 0.407 e. The second-order valence-electron chi connectivity index (χ2n) is 17.0. The summed E-state index contributed by atoms with van der Waals surface area (Å²) < 4.78 is 26.0. The minimum Gasteiger partial charge on any atom is -0.469 e. The lowest BCUT2D eigenvalue weighted by Crippen LogP contribution is -2.52. The molecule has 14 heteroatoms. The molecule has 0 saturated carbocycles. The van der Waals surface area contributed by atoms with Crippen molar-refractivity contribution in [2.45, 2.75) is 79.5 Å². The van der Waals surface area contributed by atoms with Gasteiger partial charge in [-0.05, 0) is 46.4 Å². The van der Waals surface area contributed by atoms with Gasteiger partial charge in [-0.3, -0.25) is 24.8 Å². The van der Waals surface area contributed by atoms with Crippen LogP contribution in [-0.4, -0.2) is 111 Å². The number of methoxy groups -OCH3 is 2. The van der Waals surface area contributed by atoms with Gasteiger partial charge in [-0.15, -0.1) is 0 Å². The molecule has 2 amide bonds. The Hall–Kier alpha value is -4.73. The lowest BCUT2D eigenvalue weighted by Gasteiger charge is -2.35. The van der Waals surface area contributed by atoms with Crippen LogP contribution in [0.1, 0.15) is 65.5 Å². The summed E-state index contributed by atoms with van der Waals surface area (Å²) >= 11 is 0. The van der Waals surface area contributed by atoms with Gasteiger partial charge >= 0.3 is 12.1 Å². The molecule has 0 fully saturated rings. The van der Waals surface area contributed by atoms with Crippen LogP contribution in [0.5, 0.6) is 0 Å². The minimum atomic E-state index is -1.13. The van der Waals surface area contributed by atoms with Gasteiger partial charge < -0.3 is 34.1 Å². The number of hydrogen-bond donors (Lipinski definition) is 3. The number of benzene rings is 2. The second-order valence-corrected chi connectivity index (χ2v) is 17.0. The van der Waals surface area contributed by atoms with E-state index in [1.54, 1.807) is 18.3 Å². The summed E-state index contributed by atoms with van der Waals surface area (Å²) in [4.78, 5) is 58.0. The molecule has 3 aromatic rings.